The largest absolute Gasteiger partial charge is 0.497 e. The van der Waals surface area contributed by atoms with Crippen LogP contribution in [0.3, 0.4) is 0 Å². The van der Waals surface area contributed by atoms with E-state index >= 15 is 0 Å². The summed E-state index contributed by atoms with van der Waals surface area (Å²) in [6.45, 7) is 34.4. The fourth-order valence-electron chi connectivity index (χ4n) is 13.8. The number of fused-ring (bicyclic) bond motifs is 5. The highest BCUT2D eigenvalue weighted by Crippen LogP contribution is 2.49. The number of amides is 2. The molecule has 1 unspecified atom stereocenters. The van der Waals surface area contributed by atoms with Gasteiger partial charge in [0.2, 0.25) is 0 Å². The molecule has 3 saturated heterocycles. The van der Waals surface area contributed by atoms with Gasteiger partial charge in [0.1, 0.15) is 11.0 Å². The van der Waals surface area contributed by atoms with Crippen LogP contribution in [-0.2, 0) is 98.4 Å². The van der Waals surface area contributed by atoms with Crippen LogP contribution >= 0.6 is 31.9 Å². The first-order valence-electron chi connectivity index (χ1n) is 37.8. The number of halogens is 2. The molecule has 1 atom stereocenters. The van der Waals surface area contributed by atoms with Gasteiger partial charge < -0.3 is 70.9 Å². The first kappa shape index (κ1) is 91.6. The average Bonchev–Trinajstić information content (AvgIpc) is 1.72. The summed E-state index contributed by atoms with van der Waals surface area (Å²) in [6.07, 6.45) is 10.9. The maximum Gasteiger partial charge on any atom is 0.497 e. The minimum atomic E-state index is -3.94. The molecule has 11 heterocycles. The van der Waals surface area contributed by atoms with E-state index in [0.29, 0.717) is 71.5 Å². The van der Waals surface area contributed by atoms with Crippen LogP contribution in [0.15, 0.2) is 162 Å². The van der Waals surface area contributed by atoms with Crippen molar-refractivity contribution in [2.45, 2.75) is 195 Å². The zero-order chi connectivity index (χ0) is 88.9. The van der Waals surface area contributed by atoms with Crippen molar-refractivity contribution in [1.82, 2.24) is 26.5 Å². The molecule has 119 heavy (non-hydrogen) atoms. The number of aromatic nitrogens is 5. The maximum absolute atomic E-state index is 13.3. The molecule has 6 aliphatic rings. The molecule has 9 aromatic rings. The highest BCUT2D eigenvalue weighted by molar-refractivity contribution is 9.15. The van der Waals surface area contributed by atoms with E-state index in [1.807, 2.05) is 103 Å². The Labute approximate surface area is 713 Å². The third-order valence-corrected chi connectivity index (χ3v) is 29.8. The van der Waals surface area contributed by atoms with Crippen LogP contribution in [0.25, 0.3) is 37.4 Å². The number of hydrogen-bond donors (Lipinski definition) is 1. The Morgan fingerprint density at radius 2 is 0.824 bits per heavy atom. The molecule has 15 rings (SSSR count). The number of carbonyl (C=O) groups excluding carboxylic acids is 2. The van der Waals surface area contributed by atoms with Crippen LogP contribution in [0, 0.1) is 13.8 Å². The summed E-state index contributed by atoms with van der Waals surface area (Å²) in [4.78, 5) is 55.4. The van der Waals surface area contributed by atoms with Gasteiger partial charge in [-0.15, -0.1) is 0 Å². The van der Waals surface area contributed by atoms with Crippen LogP contribution in [-0.4, -0.2) is 177 Å². The van der Waals surface area contributed by atoms with Crippen molar-refractivity contribution in [2.75, 3.05) is 43.5 Å². The Morgan fingerprint density at radius 3 is 1.29 bits per heavy atom. The van der Waals surface area contributed by atoms with Crippen molar-refractivity contribution in [3.05, 3.63) is 176 Å². The smallest absolute Gasteiger partial charge is 0.475 e. The fraction of sp³-hybridized carbons (Fsp3) is 0.432. The molecule has 3 fully saturated rings. The number of benzene rings is 4. The number of carbonyl (C=O) groups is 2. The summed E-state index contributed by atoms with van der Waals surface area (Å²) in [7, 11) is -6.39. The molecule has 6 aliphatic heterocycles. The van der Waals surface area contributed by atoms with Crippen LogP contribution in [0.5, 0.6) is 11.5 Å². The molecule has 1 N–H and O–H groups in total. The molecule has 4 aromatic carbocycles. The van der Waals surface area contributed by atoms with Crippen molar-refractivity contribution < 1.29 is 85.8 Å². The van der Waals surface area contributed by atoms with E-state index in [2.05, 4.69) is 31.9 Å². The third kappa shape index (κ3) is 17.1. The predicted octanol–water partition coefficient (Wildman–Crippen LogP) is 11.2. The lowest BCUT2D eigenvalue weighted by Gasteiger charge is -2.38. The van der Waals surface area contributed by atoms with Gasteiger partial charge in [-0.3, -0.25) is 19.2 Å². The van der Waals surface area contributed by atoms with Crippen LogP contribution in [0.4, 0.5) is 11.4 Å². The summed E-state index contributed by atoms with van der Waals surface area (Å²) in [5.41, 5.74) is 0.847. The summed E-state index contributed by atoms with van der Waals surface area (Å²) >= 11 is 6.70. The Kier molecular flexibility index (Phi) is 24.1. The molecule has 38 heteroatoms. The van der Waals surface area contributed by atoms with E-state index in [1.54, 1.807) is 171 Å². The molecule has 2 amide bonds. The number of aryl methyl sites for hydroxylation is 5. The van der Waals surface area contributed by atoms with Crippen LogP contribution in [0.2, 0.25) is 0 Å². The highest BCUT2D eigenvalue weighted by Gasteiger charge is 2.64. The number of ether oxygens (including phenoxy) is 2. The third-order valence-electron chi connectivity index (χ3n) is 23.0. The topological polar surface area (TPSA) is 333 Å². The molecule has 5 aromatic heterocycles. The van der Waals surface area contributed by atoms with Gasteiger partial charge in [-0.25, -0.2) is 41.6 Å². The van der Waals surface area contributed by atoms with Crippen LogP contribution < -0.4 is 35.9 Å². The summed E-state index contributed by atoms with van der Waals surface area (Å²) < 4.78 is 156. The fourth-order valence-corrected chi connectivity index (χ4v) is 19.2. The average molecular weight is 1840 g/mol. The standard InChI is InChI=1S/C21H25BN2O5S.C21H23N3O5S.C15H15BrN2O3S.C12H24B2O4.C12H14BrNO4S/c1-14-7-9-15(10-8-14)30(26,27)24-12-11-16-17(13-23(6)19(25)18(16)24)22-28-20(2,3)21(4,5)29-22;1-21(2)20(26)24(5)16-10-12(30(6,27)28)9-14(18(16)29-21)15-11-23(4)19(25)17-13(15)7-8-22(17)3;1-10-3-5-11(6-4-10)22(20,21)18-8-7-12-13(16)9-17(2)15(19)14(12)18;1-9(2)10(3,4)16-13(15-9)14-17-11(5,6)12(7,8)18-14;1-12(2)11(15)14(3)9-6-7(19(4,16)17)5-8(13)10(9)18-12/h7-13H,1-6H3;7-11H,1-6H3;3-9,15,19H,1-2H3;1-8H3;5-6H,1-4H3. The molecule has 29 nitrogen and oxygen atoms in total. The number of sulfone groups is 2. The van der Waals surface area contributed by atoms with Crippen molar-refractivity contribution >= 4 is 148 Å². The van der Waals surface area contributed by atoms with Crippen molar-refractivity contribution in [1.29, 1.82) is 0 Å². The Hall–Kier alpha value is -8.11. The number of anilines is 2. The van der Waals surface area contributed by atoms with Gasteiger partial charge in [0.15, 0.2) is 48.6 Å². The zero-order valence-corrected chi connectivity index (χ0v) is 78.0. The molecule has 0 aliphatic carbocycles. The summed E-state index contributed by atoms with van der Waals surface area (Å²) in [5, 5.41) is 11.5. The van der Waals surface area contributed by atoms with E-state index in [9.17, 15) is 58.0 Å². The molecule has 0 spiro atoms. The second-order valence-corrected chi connectivity index (χ2v) is 43.9. The van der Waals surface area contributed by atoms with E-state index in [-0.39, 0.29) is 64.9 Å². The number of likely N-dealkylation sites (N-methyl/N-ethyl adjacent to an activating group) is 2. The normalized spacial score (nSPS) is 19.7. The van der Waals surface area contributed by atoms with Gasteiger partial charge in [0, 0.05) is 129 Å². The van der Waals surface area contributed by atoms with E-state index in [1.165, 1.54) is 49.5 Å². The number of hydrogen-bond acceptors (Lipinski definition) is 22. The molecule has 638 valence electrons. The number of aliphatic hydroxyl groups is 1. The van der Waals surface area contributed by atoms with Crippen molar-refractivity contribution in [2.24, 2.45) is 21.1 Å². The van der Waals surface area contributed by atoms with E-state index in [0.717, 1.165) is 36.1 Å². The SMILES string of the molecule is CC1(C)OB(B2OC(C)(C)C(C)(C)O2)OC1(C)C.CN1C(=O)C(C)(C)Oc2c(-c3cn(C)c(=O)c4c3ccn4C)cc(S(C)(=O)=O)cc21.CN1C(=O)C(C)(C)Oc2c(Br)cc(S(C)(=O)=O)cc21.Cc1ccc(S(=O)(=O)n2ccc3c(B4OC(C)(C)C(C)(C)O4)cn(C)c(=O)c32)cc1.Cc1ccc(S(=O)(=O)n2ccc3c2C(O)N(C)C=C3Br)cc1. The number of pyridine rings is 2. The monoisotopic (exact) mass is 1840 g/mol. The van der Waals surface area contributed by atoms with Gasteiger partial charge in [-0.1, -0.05) is 35.4 Å². The van der Waals surface area contributed by atoms with Gasteiger partial charge in [0.05, 0.1) is 74.7 Å². The zero-order valence-electron chi connectivity index (χ0n) is 71.5. The second kappa shape index (κ2) is 31.3. The van der Waals surface area contributed by atoms with Crippen LogP contribution in [0.1, 0.15) is 139 Å². The molecular weight excluding hydrogens is 1740 g/mol. The van der Waals surface area contributed by atoms with Gasteiger partial charge in [-0.2, -0.15) is 0 Å². The van der Waals surface area contributed by atoms with Crippen molar-refractivity contribution in [3.63, 3.8) is 0 Å². The second-order valence-electron chi connectivity index (χ2n) is 34.5. The Bertz CT molecular complexity index is 6170. The quantitative estimate of drug-likeness (QED) is 0.131. The maximum atomic E-state index is 13.3. The minimum Gasteiger partial charge on any atom is -0.475 e. The van der Waals surface area contributed by atoms with E-state index < -0.39 is 95.0 Å². The summed E-state index contributed by atoms with van der Waals surface area (Å²) in [5.74, 6) is 0.368. The lowest BCUT2D eigenvalue weighted by molar-refractivity contribution is -0.132. The minimum absolute atomic E-state index is 0.0668. The number of aliphatic hydroxyl groups excluding tert-OH is 1. The molecule has 0 saturated carbocycles. The molecule has 0 radical (unpaired) electrons. The Morgan fingerprint density at radius 1 is 0.429 bits per heavy atom. The van der Waals surface area contributed by atoms with E-state index in [4.69, 9.17) is 37.4 Å². The van der Waals surface area contributed by atoms with Gasteiger partial charge in [-0.05, 0) is 223 Å². The number of rotatable bonds is 9. The predicted molar refractivity (Wildman–Crippen MR) is 467 cm³/mol. The number of nitrogens with zero attached hydrogens (tertiary/aromatic N) is 8. The van der Waals surface area contributed by atoms with Gasteiger partial charge >= 0.3 is 21.1 Å². The van der Waals surface area contributed by atoms with Gasteiger partial charge in [0.25, 0.3) is 43.0 Å². The van der Waals surface area contributed by atoms with Crippen molar-refractivity contribution in [3.8, 4) is 22.6 Å². The lowest BCUT2D eigenvalue weighted by atomic mass is 9.49. The Balaban J connectivity index is 0.000000148. The molecule has 0 bridgehead atoms. The first-order valence-corrected chi connectivity index (χ1v) is 46.1. The summed E-state index contributed by atoms with van der Waals surface area (Å²) in [6, 6.07) is 24.2. The molecular formula is C81H101B3Br2N8O21S4. The highest BCUT2D eigenvalue weighted by atomic mass is 79.9. The first-order chi connectivity index (χ1) is 54.4. The lowest BCUT2D eigenvalue weighted by Crippen LogP contribution is -2.51.